The lowest BCUT2D eigenvalue weighted by Crippen LogP contribution is -2.25. The standard InChI is InChI=1S/C20H19N3O4S/c1-26-16-6-7-17-14(11-16)12-21-23(17)8-9-27-15-4-2-13(3-5-15)10-18-19(24)22-20(25)28-18/h2-7,11-12,18H,8-10H2,1H3,(H,22,24,25). The fourth-order valence-electron chi connectivity index (χ4n) is 3.08. The smallest absolute Gasteiger partial charge is 0.286 e. The topological polar surface area (TPSA) is 82.4 Å². The predicted octanol–water partition coefficient (Wildman–Crippen LogP) is 3.02. The highest BCUT2D eigenvalue weighted by atomic mass is 32.2. The normalized spacial score (nSPS) is 16.4. The predicted molar refractivity (Wildman–Crippen MR) is 107 cm³/mol. The molecule has 28 heavy (non-hydrogen) atoms. The highest BCUT2D eigenvalue weighted by molar-refractivity contribution is 8.15. The molecule has 1 saturated heterocycles. The second-order valence-corrected chi connectivity index (χ2v) is 7.55. The average molecular weight is 397 g/mol. The van der Waals surface area contributed by atoms with Crippen molar-refractivity contribution in [3.8, 4) is 11.5 Å². The van der Waals surface area contributed by atoms with Crippen molar-refractivity contribution in [2.24, 2.45) is 0 Å². The monoisotopic (exact) mass is 397 g/mol. The zero-order valence-corrected chi connectivity index (χ0v) is 16.1. The number of thioether (sulfide) groups is 1. The Morgan fingerprint density at radius 3 is 2.64 bits per heavy atom. The number of nitrogens with one attached hydrogen (secondary N) is 1. The quantitative estimate of drug-likeness (QED) is 0.660. The Bertz CT molecular complexity index is 1020. The van der Waals surface area contributed by atoms with Gasteiger partial charge in [-0.05, 0) is 42.3 Å². The van der Waals surface area contributed by atoms with Crippen molar-refractivity contribution >= 4 is 33.8 Å². The van der Waals surface area contributed by atoms with Crippen LogP contribution in [-0.2, 0) is 17.8 Å². The molecule has 0 aliphatic carbocycles. The molecule has 3 aromatic rings. The maximum absolute atomic E-state index is 11.6. The number of imide groups is 1. The van der Waals surface area contributed by atoms with Gasteiger partial charge in [-0.2, -0.15) is 5.10 Å². The van der Waals surface area contributed by atoms with E-state index >= 15 is 0 Å². The summed E-state index contributed by atoms with van der Waals surface area (Å²) >= 11 is 1.04. The number of fused-ring (bicyclic) bond motifs is 1. The van der Waals surface area contributed by atoms with E-state index in [1.54, 1.807) is 7.11 Å². The van der Waals surface area contributed by atoms with Crippen LogP contribution in [0.4, 0.5) is 4.79 Å². The van der Waals surface area contributed by atoms with Crippen LogP contribution in [0.3, 0.4) is 0 Å². The number of nitrogens with zero attached hydrogens (tertiary/aromatic N) is 2. The molecule has 0 radical (unpaired) electrons. The van der Waals surface area contributed by atoms with E-state index in [0.29, 0.717) is 19.6 Å². The number of benzene rings is 2. The van der Waals surface area contributed by atoms with Crippen molar-refractivity contribution in [1.29, 1.82) is 0 Å². The zero-order chi connectivity index (χ0) is 19.5. The van der Waals surface area contributed by atoms with Gasteiger partial charge in [-0.25, -0.2) is 0 Å². The number of rotatable bonds is 7. The third-order valence-electron chi connectivity index (χ3n) is 4.53. The Kier molecular flexibility index (Phi) is 5.21. The summed E-state index contributed by atoms with van der Waals surface area (Å²) in [6.45, 7) is 1.11. The molecule has 7 nitrogen and oxygen atoms in total. The van der Waals surface area contributed by atoms with Crippen molar-refractivity contribution < 1.29 is 19.1 Å². The van der Waals surface area contributed by atoms with Crippen LogP contribution >= 0.6 is 11.8 Å². The largest absolute Gasteiger partial charge is 0.497 e. The first-order valence-corrected chi connectivity index (χ1v) is 9.73. The van der Waals surface area contributed by atoms with Crippen molar-refractivity contribution in [3.63, 3.8) is 0 Å². The molecule has 144 valence electrons. The number of methoxy groups -OCH3 is 1. The van der Waals surface area contributed by atoms with Crippen LogP contribution in [0.5, 0.6) is 11.5 Å². The van der Waals surface area contributed by atoms with E-state index in [4.69, 9.17) is 9.47 Å². The number of hydrogen-bond acceptors (Lipinski definition) is 6. The maximum Gasteiger partial charge on any atom is 0.286 e. The third kappa shape index (κ3) is 3.96. The Morgan fingerprint density at radius 1 is 1.14 bits per heavy atom. The molecule has 8 heteroatoms. The summed E-state index contributed by atoms with van der Waals surface area (Å²) in [7, 11) is 1.64. The summed E-state index contributed by atoms with van der Waals surface area (Å²) in [5, 5.41) is 7.09. The minimum atomic E-state index is -0.356. The number of aromatic nitrogens is 2. The Labute approximate surface area is 166 Å². The molecule has 1 aliphatic rings. The first kappa shape index (κ1) is 18.4. The highest BCUT2D eigenvalue weighted by Crippen LogP contribution is 2.24. The van der Waals surface area contributed by atoms with Crippen LogP contribution in [0.15, 0.2) is 48.7 Å². The highest BCUT2D eigenvalue weighted by Gasteiger charge is 2.31. The second-order valence-electron chi connectivity index (χ2n) is 6.37. The summed E-state index contributed by atoms with van der Waals surface area (Å²) in [6, 6.07) is 13.4. The molecule has 0 spiro atoms. The summed E-state index contributed by atoms with van der Waals surface area (Å²) in [5.41, 5.74) is 2.02. The molecule has 2 amide bonds. The van der Waals surface area contributed by atoms with Crippen LogP contribution in [0.25, 0.3) is 10.9 Å². The van der Waals surface area contributed by atoms with Gasteiger partial charge in [-0.1, -0.05) is 23.9 Å². The van der Waals surface area contributed by atoms with Gasteiger partial charge in [0.2, 0.25) is 5.91 Å². The van der Waals surface area contributed by atoms with Gasteiger partial charge >= 0.3 is 0 Å². The van der Waals surface area contributed by atoms with Gasteiger partial charge in [0, 0.05) is 5.39 Å². The Hall–Kier alpha value is -3.00. The van der Waals surface area contributed by atoms with E-state index in [2.05, 4.69) is 10.4 Å². The summed E-state index contributed by atoms with van der Waals surface area (Å²) in [4.78, 5) is 22.9. The van der Waals surface area contributed by atoms with Crippen molar-refractivity contribution in [1.82, 2.24) is 15.1 Å². The van der Waals surface area contributed by atoms with Gasteiger partial charge in [-0.3, -0.25) is 19.6 Å². The van der Waals surface area contributed by atoms with Crippen molar-refractivity contribution in [3.05, 3.63) is 54.2 Å². The number of carbonyl (C=O) groups excluding carboxylic acids is 2. The zero-order valence-electron chi connectivity index (χ0n) is 15.3. The molecule has 2 aromatic carbocycles. The van der Waals surface area contributed by atoms with Crippen LogP contribution in [-0.4, -0.2) is 39.9 Å². The number of amides is 2. The number of hydrogen-bond donors (Lipinski definition) is 1. The molecule has 1 aromatic heterocycles. The van der Waals surface area contributed by atoms with Crippen molar-refractivity contribution in [2.45, 2.75) is 18.2 Å². The third-order valence-corrected chi connectivity index (χ3v) is 5.51. The van der Waals surface area contributed by atoms with Crippen LogP contribution in [0.1, 0.15) is 5.56 Å². The minimum absolute atomic E-state index is 0.223. The van der Waals surface area contributed by atoms with E-state index in [1.165, 1.54) is 0 Å². The first-order chi connectivity index (χ1) is 13.6. The summed E-state index contributed by atoms with van der Waals surface area (Å²) < 4.78 is 12.9. The molecule has 4 rings (SSSR count). The molecule has 1 atom stereocenters. The lowest BCUT2D eigenvalue weighted by atomic mass is 10.1. The van der Waals surface area contributed by atoms with Gasteiger partial charge in [0.15, 0.2) is 0 Å². The molecule has 1 aliphatic heterocycles. The second kappa shape index (κ2) is 7.93. The lowest BCUT2D eigenvalue weighted by molar-refractivity contribution is -0.118. The van der Waals surface area contributed by atoms with Gasteiger partial charge < -0.3 is 9.47 Å². The van der Waals surface area contributed by atoms with Crippen molar-refractivity contribution in [2.75, 3.05) is 13.7 Å². The molecule has 0 saturated carbocycles. The van der Waals surface area contributed by atoms with E-state index in [-0.39, 0.29) is 16.4 Å². The van der Waals surface area contributed by atoms with Gasteiger partial charge in [0.05, 0.1) is 30.6 Å². The van der Waals surface area contributed by atoms with E-state index < -0.39 is 0 Å². The molecule has 2 heterocycles. The molecule has 1 fully saturated rings. The van der Waals surface area contributed by atoms with Crippen LogP contribution in [0.2, 0.25) is 0 Å². The average Bonchev–Trinajstić information content (AvgIpc) is 3.25. The van der Waals surface area contributed by atoms with E-state index in [0.717, 1.165) is 39.7 Å². The van der Waals surface area contributed by atoms with E-state index in [9.17, 15) is 9.59 Å². The molecular weight excluding hydrogens is 378 g/mol. The first-order valence-electron chi connectivity index (χ1n) is 8.85. The van der Waals surface area contributed by atoms with Crippen LogP contribution in [0, 0.1) is 0 Å². The number of carbonyl (C=O) groups is 2. The Balaban J connectivity index is 1.32. The molecule has 0 bridgehead atoms. The minimum Gasteiger partial charge on any atom is -0.497 e. The summed E-state index contributed by atoms with van der Waals surface area (Å²) in [6.07, 6.45) is 2.33. The molecule has 1 unspecified atom stereocenters. The molecule has 1 N–H and O–H groups in total. The van der Waals surface area contributed by atoms with Gasteiger partial charge in [-0.15, -0.1) is 0 Å². The van der Waals surface area contributed by atoms with Crippen LogP contribution < -0.4 is 14.8 Å². The van der Waals surface area contributed by atoms with Gasteiger partial charge in [0.1, 0.15) is 18.1 Å². The van der Waals surface area contributed by atoms with Gasteiger partial charge in [0.25, 0.3) is 5.24 Å². The fraction of sp³-hybridized carbons (Fsp3) is 0.250. The maximum atomic E-state index is 11.6. The SMILES string of the molecule is COc1ccc2c(cnn2CCOc2ccc(CC3SC(=O)NC3=O)cc2)c1. The Morgan fingerprint density at radius 2 is 1.93 bits per heavy atom. The lowest BCUT2D eigenvalue weighted by Gasteiger charge is -2.09. The number of ether oxygens (including phenoxy) is 2. The fourth-order valence-corrected chi connectivity index (χ4v) is 3.94. The summed E-state index contributed by atoms with van der Waals surface area (Å²) in [5.74, 6) is 1.34. The van der Waals surface area contributed by atoms with E-state index in [1.807, 2.05) is 53.3 Å². The molecular formula is C20H19N3O4S.